The Morgan fingerprint density at radius 3 is 1.85 bits per heavy atom. The highest BCUT2D eigenvalue weighted by Gasteiger charge is 2.22. The number of benzene rings is 3. The minimum atomic E-state index is -4.00. The monoisotopic (exact) mass is 498 g/mol. The van der Waals surface area contributed by atoms with Crippen molar-refractivity contribution < 1.29 is 27.5 Å². The molecule has 1 aromatic heterocycles. The van der Waals surface area contributed by atoms with Crippen LogP contribution in [0, 0.1) is 0 Å². The van der Waals surface area contributed by atoms with Gasteiger partial charge in [0.15, 0.2) is 0 Å². The molecule has 174 valence electrons. The lowest BCUT2D eigenvalue weighted by Crippen LogP contribution is -2.14. The SMILES string of the molecule is COC(=O)c1ccc(Nc2ccc(S(=O)(=O)Nc3ccc(C(=O)OC)cc3)c3nsnc23)cc1. The lowest BCUT2D eigenvalue weighted by molar-refractivity contribution is 0.0592. The summed E-state index contributed by atoms with van der Waals surface area (Å²) in [5, 5.41) is 3.16. The Kier molecular flexibility index (Phi) is 6.43. The number of anilines is 3. The van der Waals surface area contributed by atoms with Crippen LogP contribution in [-0.4, -0.2) is 43.3 Å². The van der Waals surface area contributed by atoms with E-state index in [1.165, 1.54) is 44.6 Å². The van der Waals surface area contributed by atoms with Crippen LogP contribution < -0.4 is 10.0 Å². The first kappa shape index (κ1) is 23.1. The summed E-state index contributed by atoms with van der Waals surface area (Å²) < 4.78 is 46.4. The second kappa shape index (κ2) is 9.45. The average molecular weight is 499 g/mol. The van der Waals surface area contributed by atoms with Crippen LogP contribution in [0.5, 0.6) is 0 Å². The number of carbonyl (C=O) groups is 2. The third kappa shape index (κ3) is 4.67. The molecule has 0 aliphatic carbocycles. The third-order valence-electron chi connectivity index (χ3n) is 4.81. The molecule has 0 aliphatic rings. The number of sulfonamides is 1. The summed E-state index contributed by atoms with van der Waals surface area (Å²) in [5.74, 6) is -0.965. The van der Waals surface area contributed by atoms with E-state index >= 15 is 0 Å². The van der Waals surface area contributed by atoms with Crippen molar-refractivity contribution in [3.63, 3.8) is 0 Å². The van der Waals surface area contributed by atoms with Gasteiger partial charge in [0.1, 0.15) is 15.9 Å². The molecule has 0 saturated heterocycles. The molecule has 34 heavy (non-hydrogen) atoms. The van der Waals surface area contributed by atoms with E-state index in [1.54, 1.807) is 30.3 Å². The second-order valence-corrected chi connectivity index (χ2v) is 9.12. The fourth-order valence-electron chi connectivity index (χ4n) is 3.13. The second-order valence-electron chi connectivity index (χ2n) is 6.94. The summed E-state index contributed by atoms with van der Waals surface area (Å²) in [6.45, 7) is 0. The van der Waals surface area contributed by atoms with Crippen LogP contribution in [-0.2, 0) is 19.5 Å². The van der Waals surface area contributed by atoms with Gasteiger partial charge >= 0.3 is 11.9 Å². The lowest BCUT2D eigenvalue weighted by Gasteiger charge is -2.11. The van der Waals surface area contributed by atoms with Crippen molar-refractivity contribution in [2.45, 2.75) is 4.90 Å². The number of rotatable bonds is 7. The number of hydrogen-bond acceptors (Lipinski definition) is 10. The molecule has 1 heterocycles. The number of hydrogen-bond donors (Lipinski definition) is 2. The zero-order chi connectivity index (χ0) is 24.3. The lowest BCUT2D eigenvalue weighted by atomic mass is 10.2. The maximum absolute atomic E-state index is 13.1. The number of ether oxygens (including phenoxy) is 2. The van der Waals surface area contributed by atoms with Gasteiger partial charge in [0.05, 0.1) is 42.8 Å². The number of carbonyl (C=O) groups excluding carboxylic acids is 2. The predicted molar refractivity (Wildman–Crippen MR) is 127 cm³/mol. The van der Waals surface area contributed by atoms with Gasteiger partial charge in [-0.05, 0) is 60.7 Å². The van der Waals surface area contributed by atoms with Gasteiger partial charge < -0.3 is 14.8 Å². The zero-order valence-corrected chi connectivity index (χ0v) is 19.6. The average Bonchev–Trinajstić information content (AvgIpc) is 3.34. The van der Waals surface area contributed by atoms with E-state index in [9.17, 15) is 18.0 Å². The van der Waals surface area contributed by atoms with Gasteiger partial charge in [0.25, 0.3) is 10.0 Å². The molecular weight excluding hydrogens is 480 g/mol. The van der Waals surface area contributed by atoms with Gasteiger partial charge in [-0.15, -0.1) is 0 Å². The summed E-state index contributed by atoms with van der Waals surface area (Å²) in [6.07, 6.45) is 0. The summed E-state index contributed by atoms with van der Waals surface area (Å²) in [7, 11) is -1.42. The van der Waals surface area contributed by atoms with Gasteiger partial charge in [-0.1, -0.05) is 0 Å². The van der Waals surface area contributed by atoms with E-state index in [4.69, 9.17) is 4.74 Å². The molecule has 0 aliphatic heterocycles. The number of nitrogens with one attached hydrogen (secondary N) is 2. The van der Waals surface area contributed by atoms with Crippen molar-refractivity contribution in [3.05, 3.63) is 71.8 Å². The van der Waals surface area contributed by atoms with Crippen molar-refractivity contribution in [3.8, 4) is 0 Å². The predicted octanol–water partition coefficient (Wildman–Crippen LogP) is 3.81. The Bertz CT molecular complexity index is 1470. The van der Waals surface area contributed by atoms with E-state index < -0.39 is 22.0 Å². The van der Waals surface area contributed by atoms with Crippen LogP contribution in [0.25, 0.3) is 11.0 Å². The Morgan fingerprint density at radius 1 is 0.765 bits per heavy atom. The number of nitrogens with zero attached hydrogens (tertiary/aromatic N) is 2. The van der Waals surface area contributed by atoms with Gasteiger partial charge in [-0.25, -0.2) is 18.0 Å². The molecular formula is C22H18N4O6S2. The van der Waals surface area contributed by atoms with Crippen molar-refractivity contribution in [2.75, 3.05) is 24.3 Å². The Balaban J connectivity index is 1.60. The van der Waals surface area contributed by atoms with Crippen LogP contribution in [0.4, 0.5) is 17.1 Å². The molecule has 0 amide bonds. The highest BCUT2D eigenvalue weighted by atomic mass is 32.2. The molecule has 0 spiro atoms. The molecule has 4 aromatic rings. The number of aromatic nitrogens is 2. The molecule has 10 nitrogen and oxygen atoms in total. The minimum absolute atomic E-state index is 0.0418. The Hall–Kier alpha value is -4.03. The molecule has 0 atom stereocenters. The maximum Gasteiger partial charge on any atom is 0.337 e. The molecule has 0 saturated carbocycles. The van der Waals surface area contributed by atoms with Gasteiger partial charge in [0, 0.05) is 11.4 Å². The van der Waals surface area contributed by atoms with Crippen LogP contribution in [0.2, 0.25) is 0 Å². The number of methoxy groups -OCH3 is 2. The Morgan fingerprint density at radius 2 is 1.29 bits per heavy atom. The van der Waals surface area contributed by atoms with Crippen molar-refractivity contribution in [1.82, 2.24) is 8.75 Å². The highest BCUT2D eigenvalue weighted by molar-refractivity contribution is 7.93. The first-order valence-electron chi connectivity index (χ1n) is 9.74. The normalized spacial score (nSPS) is 11.1. The molecule has 0 fully saturated rings. The fraction of sp³-hybridized carbons (Fsp3) is 0.0909. The molecule has 12 heteroatoms. The van der Waals surface area contributed by atoms with Crippen molar-refractivity contribution >= 4 is 61.8 Å². The summed E-state index contributed by atoms with van der Waals surface area (Å²) in [5.41, 5.74) is 2.78. The van der Waals surface area contributed by atoms with E-state index in [-0.39, 0.29) is 16.1 Å². The summed E-state index contributed by atoms with van der Waals surface area (Å²) in [6, 6.07) is 15.5. The first-order valence-corrected chi connectivity index (χ1v) is 12.0. The Labute approximate surface area is 198 Å². The molecule has 0 radical (unpaired) electrons. The largest absolute Gasteiger partial charge is 0.465 e. The summed E-state index contributed by atoms with van der Waals surface area (Å²) in [4.78, 5) is 23.1. The smallest absolute Gasteiger partial charge is 0.337 e. The van der Waals surface area contributed by atoms with Crippen molar-refractivity contribution in [2.24, 2.45) is 0 Å². The van der Waals surface area contributed by atoms with E-state index in [1.807, 2.05) is 0 Å². The molecule has 0 unspecified atom stereocenters. The third-order valence-corrected chi connectivity index (χ3v) is 6.75. The standard InChI is InChI=1S/C22H18N4O6S2/c1-31-21(27)13-3-7-15(8-4-13)23-17-11-12-18(20-19(17)24-33-25-20)34(29,30)26-16-9-5-14(6-10-16)22(28)32-2/h3-12,23,26H,1-2H3. The van der Waals surface area contributed by atoms with E-state index in [0.717, 1.165) is 11.7 Å². The fourth-order valence-corrected chi connectivity index (χ4v) is 4.96. The van der Waals surface area contributed by atoms with Crippen LogP contribution in [0.3, 0.4) is 0 Å². The topological polar surface area (TPSA) is 137 Å². The number of esters is 2. The first-order chi connectivity index (χ1) is 16.3. The minimum Gasteiger partial charge on any atom is -0.465 e. The van der Waals surface area contributed by atoms with Crippen LogP contribution in [0.1, 0.15) is 20.7 Å². The molecule has 2 N–H and O–H groups in total. The highest BCUT2D eigenvalue weighted by Crippen LogP contribution is 2.31. The van der Waals surface area contributed by atoms with E-state index in [0.29, 0.717) is 28.0 Å². The number of fused-ring (bicyclic) bond motifs is 1. The molecule has 0 bridgehead atoms. The van der Waals surface area contributed by atoms with Crippen molar-refractivity contribution in [1.29, 1.82) is 0 Å². The molecule has 3 aromatic carbocycles. The zero-order valence-electron chi connectivity index (χ0n) is 17.9. The maximum atomic E-state index is 13.1. The van der Waals surface area contributed by atoms with Gasteiger partial charge in [0.2, 0.25) is 0 Å². The van der Waals surface area contributed by atoms with Crippen LogP contribution >= 0.6 is 11.7 Å². The van der Waals surface area contributed by atoms with Crippen LogP contribution in [0.15, 0.2) is 65.6 Å². The quantitative estimate of drug-likeness (QED) is 0.364. The molecule has 4 rings (SSSR count). The van der Waals surface area contributed by atoms with E-state index in [2.05, 4.69) is 23.5 Å². The van der Waals surface area contributed by atoms with Gasteiger partial charge in [-0.2, -0.15) is 8.75 Å². The van der Waals surface area contributed by atoms with Gasteiger partial charge in [-0.3, -0.25) is 4.72 Å². The summed E-state index contributed by atoms with van der Waals surface area (Å²) >= 11 is 0.886.